The molecule has 0 saturated carbocycles. The molecule has 0 fully saturated rings. The van der Waals surface area contributed by atoms with Gasteiger partial charge in [-0.3, -0.25) is 0 Å². The van der Waals surface area contributed by atoms with Crippen LogP contribution in [0.5, 0.6) is 0 Å². The number of nitrogens with one attached hydrogen (secondary N) is 1. The molecular weight excluding hydrogens is 319 g/mol. The summed E-state index contributed by atoms with van der Waals surface area (Å²) in [6.45, 7) is 2.69. The van der Waals surface area contributed by atoms with Crippen molar-refractivity contribution in [1.29, 1.82) is 0 Å². The van der Waals surface area contributed by atoms with Crippen LogP contribution in [-0.2, 0) is 5.54 Å². The minimum Gasteiger partial charge on any atom is -0.344 e. The molecule has 3 N–H and O–H groups in total. The van der Waals surface area contributed by atoms with E-state index in [2.05, 4.69) is 17.2 Å². The summed E-state index contributed by atoms with van der Waals surface area (Å²) in [4.78, 5) is 4.53. The summed E-state index contributed by atoms with van der Waals surface area (Å²) in [5.41, 5.74) is 1.63. The van der Waals surface area contributed by atoms with Gasteiger partial charge in [-0.2, -0.15) is 0 Å². The van der Waals surface area contributed by atoms with Gasteiger partial charge in [-0.05, 0) is 48.9 Å². The van der Waals surface area contributed by atoms with Crippen LogP contribution >= 0.6 is 23.2 Å². The lowest BCUT2D eigenvalue weighted by Crippen LogP contribution is -2.50. The first-order valence-corrected chi connectivity index (χ1v) is 7.63. The second-order valence-electron chi connectivity index (χ2n) is 5.45. The highest BCUT2D eigenvalue weighted by Gasteiger charge is 2.34. The van der Waals surface area contributed by atoms with Crippen LogP contribution in [0.1, 0.15) is 12.5 Å². The summed E-state index contributed by atoms with van der Waals surface area (Å²) in [7, 11) is 0. The number of anilines is 1. The van der Waals surface area contributed by atoms with Gasteiger partial charge in [0.1, 0.15) is 0 Å². The highest BCUT2D eigenvalue weighted by Crippen LogP contribution is 2.27. The van der Waals surface area contributed by atoms with Gasteiger partial charge >= 0.3 is 0 Å². The van der Waals surface area contributed by atoms with Gasteiger partial charge in [-0.1, -0.05) is 35.3 Å². The van der Waals surface area contributed by atoms with Crippen LogP contribution in [0.4, 0.5) is 5.69 Å². The zero-order valence-electron chi connectivity index (χ0n) is 12.1. The highest BCUT2D eigenvalue weighted by molar-refractivity contribution is 6.30. The quantitative estimate of drug-likeness (QED) is 0.652. The second-order valence-corrected chi connectivity index (χ2v) is 6.32. The van der Waals surface area contributed by atoms with Crippen molar-refractivity contribution in [2.75, 3.05) is 11.6 Å². The fourth-order valence-electron chi connectivity index (χ4n) is 2.40. The predicted molar refractivity (Wildman–Crippen MR) is 92.4 cm³/mol. The van der Waals surface area contributed by atoms with E-state index >= 15 is 0 Å². The van der Waals surface area contributed by atoms with Crippen molar-refractivity contribution in [1.82, 2.24) is 5.32 Å². The fraction of sp³-hybridized carbons (Fsp3) is 0.188. The van der Waals surface area contributed by atoms with E-state index in [4.69, 9.17) is 29.0 Å². The van der Waals surface area contributed by atoms with Crippen molar-refractivity contribution in [3.63, 3.8) is 0 Å². The minimum absolute atomic E-state index is 0.302. The molecule has 1 aliphatic rings. The van der Waals surface area contributed by atoms with E-state index in [0.717, 1.165) is 11.3 Å². The molecule has 0 amide bonds. The van der Waals surface area contributed by atoms with Gasteiger partial charge in [0.05, 0.1) is 17.8 Å². The molecule has 6 heteroatoms. The maximum absolute atomic E-state index is 6.15. The Balaban J connectivity index is 1.78. The van der Waals surface area contributed by atoms with Gasteiger partial charge in [-0.15, -0.1) is 0 Å². The molecule has 1 aliphatic heterocycles. The molecule has 0 spiro atoms. The van der Waals surface area contributed by atoms with E-state index in [1.807, 2.05) is 36.4 Å². The lowest BCUT2D eigenvalue weighted by Gasteiger charge is -2.28. The zero-order chi connectivity index (χ0) is 15.7. The first kappa shape index (κ1) is 15.2. The van der Waals surface area contributed by atoms with E-state index in [1.165, 1.54) is 5.01 Å². The highest BCUT2D eigenvalue weighted by atomic mass is 35.5. The van der Waals surface area contributed by atoms with Crippen molar-refractivity contribution < 1.29 is 0 Å². The standard InChI is InChI=1S/C16H16Cl2N4/c1-16(11-2-4-12(17)5-3-11)10-20-15(21-16)22(19)14-8-6-13(18)7-9-14/h2-9H,10,19H2,1H3,(H,20,21). The lowest BCUT2D eigenvalue weighted by molar-refractivity contribution is 0.479. The van der Waals surface area contributed by atoms with Gasteiger partial charge in [0.25, 0.3) is 0 Å². The summed E-state index contributed by atoms with van der Waals surface area (Å²) < 4.78 is 0. The van der Waals surface area contributed by atoms with Crippen LogP contribution in [0, 0.1) is 0 Å². The van der Waals surface area contributed by atoms with Crippen molar-refractivity contribution >= 4 is 34.8 Å². The van der Waals surface area contributed by atoms with E-state index in [0.29, 0.717) is 22.5 Å². The third-order valence-corrected chi connectivity index (χ3v) is 4.25. The second kappa shape index (κ2) is 5.80. The van der Waals surface area contributed by atoms with Gasteiger partial charge in [0.2, 0.25) is 5.96 Å². The SMILES string of the molecule is CC1(c2ccc(Cl)cc2)CN=C(N(N)c2ccc(Cl)cc2)N1. The van der Waals surface area contributed by atoms with E-state index in [-0.39, 0.29) is 5.54 Å². The van der Waals surface area contributed by atoms with Crippen LogP contribution in [0.2, 0.25) is 10.0 Å². The summed E-state index contributed by atoms with van der Waals surface area (Å²) in [6, 6.07) is 15.0. The Hall–Kier alpha value is -1.75. The first-order chi connectivity index (χ1) is 10.5. The first-order valence-electron chi connectivity index (χ1n) is 6.87. The molecular formula is C16H16Cl2N4. The van der Waals surface area contributed by atoms with Crippen LogP contribution in [0.25, 0.3) is 0 Å². The van der Waals surface area contributed by atoms with Gasteiger partial charge in [0, 0.05) is 10.0 Å². The minimum atomic E-state index is -0.302. The number of halogens is 2. The number of hydrogen-bond acceptors (Lipinski definition) is 4. The molecule has 114 valence electrons. The number of hydrazine groups is 1. The van der Waals surface area contributed by atoms with Crippen molar-refractivity contribution in [3.05, 3.63) is 64.1 Å². The smallest absolute Gasteiger partial charge is 0.214 e. The summed E-state index contributed by atoms with van der Waals surface area (Å²) in [6.07, 6.45) is 0. The van der Waals surface area contributed by atoms with Crippen LogP contribution in [0.15, 0.2) is 53.5 Å². The Morgan fingerprint density at radius 1 is 1.05 bits per heavy atom. The Bertz CT molecular complexity index is 697. The Kier molecular flexibility index (Phi) is 4.00. The molecule has 3 rings (SSSR count). The van der Waals surface area contributed by atoms with Crippen molar-refractivity contribution in [2.45, 2.75) is 12.5 Å². The molecule has 0 bridgehead atoms. The molecule has 0 radical (unpaired) electrons. The molecule has 2 aromatic carbocycles. The summed E-state index contributed by atoms with van der Waals surface area (Å²) in [5.74, 6) is 6.77. The molecule has 1 atom stereocenters. The average molecular weight is 335 g/mol. The molecule has 1 heterocycles. The lowest BCUT2D eigenvalue weighted by atomic mass is 9.93. The van der Waals surface area contributed by atoms with Crippen LogP contribution in [-0.4, -0.2) is 12.5 Å². The molecule has 1 unspecified atom stereocenters. The van der Waals surface area contributed by atoms with Crippen LogP contribution in [0.3, 0.4) is 0 Å². The summed E-state index contributed by atoms with van der Waals surface area (Å²) in [5, 5.41) is 6.30. The van der Waals surface area contributed by atoms with E-state index in [9.17, 15) is 0 Å². The average Bonchev–Trinajstić information content (AvgIpc) is 2.91. The molecule has 2 aromatic rings. The Morgan fingerprint density at radius 2 is 1.59 bits per heavy atom. The molecule has 0 aliphatic carbocycles. The maximum Gasteiger partial charge on any atom is 0.214 e. The van der Waals surface area contributed by atoms with Gasteiger partial charge in [-0.25, -0.2) is 15.8 Å². The Labute approximate surface area is 139 Å². The molecule has 0 saturated heterocycles. The number of nitrogens with two attached hydrogens (primary N) is 1. The topological polar surface area (TPSA) is 53.6 Å². The largest absolute Gasteiger partial charge is 0.344 e. The monoisotopic (exact) mass is 334 g/mol. The van der Waals surface area contributed by atoms with Gasteiger partial charge < -0.3 is 5.32 Å². The van der Waals surface area contributed by atoms with Crippen molar-refractivity contribution in [3.8, 4) is 0 Å². The van der Waals surface area contributed by atoms with Gasteiger partial charge in [0.15, 0.2) is 0 Å². The number of rotatable bonds is 2. The number of nitrogens with zero attached hydrogens (tertiary/aromatic N) is 2. The summed E-state index contributed by atoms with van der Waals surface area (Å²) >= 11 is 11.8. The number of benzene rings is 2. The normalized spacial score (nSPS) is 20.5. The third-order valence-electron chi connectivity index (χ3n) is 3.75. The molecule has 22 heavy (non-hydrogen) atoms. The maximum atomic E-state index is 6.15. The molecule has 4 nitrogen and oxygen atoms in total. The zero-order valence-corrected chi connectivity index (χ0v) is 13.6. The van der Waals surface area contributed by atoms with E-state index < -0.39 is 0 Å². The fourth-order valence-corrected chi connectivity index (χ4v) is 2.65. The Morgan fingerprint density at radius 3 is 2.18 bits per heavy atom. The number of guanidine groups is 1. The number of hydrogen-bond donors (Lipinski definition) is 2. The van der Waals surface area contributed by atoms with Crippen molar-refractivity contribution in [2.24, 2.45) is 10.8 Å². The van der Waals surface area contributed by atoms with Crippen LogP contribution < -0.4 is 16.2 Å². The van der Waals surface area contributed by atoms with E-state index in [1.54, 1.807) is 12.1 Å². The molecule has 0 aromatic heterocycles. The number of aliphatic imine (C=N–C) groups is 1. The predicted octanol–water partition coefficient (Wildman–Crippen LogP) is 3.55. The third kappa shape index (κ3) is 2.90.